The second kappa shape index (κ2) is 9.04. The zero-order valence-electron chi connectivity index (χ0n) is 15.0. The molecule has 28 heavy (non-hydrogen) atoms. The Hall–Kier alpha value is -1.27. The topological polar surface area (TPSA) is 125 Å². The average Bonchev–Trinajstić information content (AvgIpc) is 2.95. The first-order valence-electron chi connectivity index (χ1n) is 8.90. The first-order chi connectivity index (χ1) is 13.3. The fraction of sp³-hybridized carbons (Fsp3) is 0.588. The van der Waals surface area contributed by atoms with Gasteiger partial charge in [0.1, 0.15) is 18.3 Å². The largest absolute Gasteiger partial charge is 0.388 e. The molecule has 1 aromatic carbocycles. The minimum atomic E-state index is -3.83. The summed E-state index contributed by atoms with van der Waals surface area (Å²) in [5.74, 6) is -0.207. The van der Waals surface area contributed by atoms with Crippen LogP contribution in [0.15, 0.2) is 29.2 Å². The van der Waals surface area contributed by atoms with Crippen LogP contribution in [0.4, 0.5) is 0 Å². The number of nitrogens with one attached hydrogen (secondary N) is 1. The van der Waals surface area contributed by atoms with Gasteiger partial charge in [0.25, 0.3) is 0 Å². The van der Waals surface area contributed by atoms with E-state index in [-0.39, 0.29) is 23.8 Å². The summed E-state index contributed by atoms with van der Waals surface area (Å²) in [7, 11) is -3.83. The van der Waals surface area contributed by atoms with E-state index in [1.165, 1.54) is 24.3 Å². The second-order valence-corrected chi connectivity index (χ2v) is 8.90. The second-order valence-electron chi connectivity index (χ2n) is 6.70. The highest BCUT2D eigenvalue weighted by molar-refractivity contribution is 7.89. The molecule has 0 bridgehead atoms. The molecule has 11 heteroatoms. The molecule has 2 fully saturated rings. The minimum Gasteiger partial charge on any atom is -0.388 e. The lowest BCUT2D eigenvalue weighted by Crippen LogP contribution is -2.43. The SMILES string of the molecule is O=C(CC1OC(CNS(=O)(=O)c2ccc(Cl)cc2)C(O)C1O)N1CCOCC1. The highest BCUT2D eigenvalue weighted by atomic mass is 35.5. The average molecular weight is 435 g/mol. The van der Waals surface area contributed by atoms with Crippen LogP contribution in [0.2, 0.25) is 5.02 Å². The van der Waals surface area contributed by atoms with E-state index >= 15 is 0 Å². The molecule has 0 spiro atoms. The van der Waals surface area contributed by atoms with Gasteiger partial charge >= 0.3 is 0 Å². The van der Waals surface area contributed by atoms with Gasteiger partial charge in [-0.1, -0.05) is 11.6 Å². The Balaban J connectivity index is 1.56. The molecular weight excluding hydrogens is 412 g/mol. The van der Waals surface area contributed by atoms with Crippen molar-refractivity contribution in [1.29, 1.82) is 0 Å². The van der Waals surface area contributed by atoms with Crippen LogP contribution in [0.3, 0.4) is 0 Å². The lowest BCUT2D eigenvalue weighted by Gasteiger charge is -2.28. The number of morpholine rings is 1. The third kappa shape index (κ3) is 5.01. The first kappa shape index (κ1) is 21.4. The van der Waals surface area contributed by atoms with Gasteiger partial charge in [0.15, 0.2) is 0 Å². The number of nitrogens with zero attached hydrogens (tertiary/aromatic N) is 1. The summed E-state index contributed by atoms with van der Waals surface area (Å²) in [5.41, 5.74) is 0. The van der Waals surface area contributed by atoms with Gasteiger partial charge < -0.3 is 24.6 Å². The number of carbonyl (C=O) groups is 1. The van der Waals surface area contributed by atoms with Crippen molar-refractivity contribution in [3.05, 3.63) is 29.3 Å². The predicted molar refractivity (Wildman–Crippen MR) is 99.3 cm³/mol. The van der Waals surface area contributed by atoms with E-state index in [4.69, 9.17) is 21.1 Å². The fourth-order valence-electron chi connectivity index (χ4n) is 3.17. The maximum Gasteiger partial charge on any atom is 0.240 e. The molecule has 0 saturated carbocycles. The van der Waals surface area contributed by atoms with Crippen molar-refractivity contribution in [2.45, 2.75) is 35.7 Å². The minimum absolute atomic E-state index is 0.0176. The molecule has 2 aliphatic heterocycles. The van der Waals surface area contributed by atoms with Crippen molar-refractivity contribution in [1.82, 2.24) is 9.62 Å². The Kier molecular flexibility index (Phi) is 6.92. The molecule has 3 N–H and O–H groups in total. The van der Waals surface area contributed by atoms with Crippen molar-refractivity contribution >= 4 is 27.5 Å². The maximum absolute atomic E-state index is 12.3. The summed E-state index contributed by atoms with van der Waals surface area (Å²) in [4.78, 5) is 13.9. The number of halogens is 1. The number of ether oxygens (including phenoxy) is 2. The molecule has 1 aromatic rings. The Labute approximate surface area is 168 Å². The van der Waals surface area contributed by atoms with E-state index in [0.717, 1.165) is 0 Å². The van der Waals surface area contributed by atoms with Gasteiger partial charge in [-0.15, -0.1) is 0 Å². The maximum atomic E-state index is 12.3. The highest BCUT2D eigenvalue weighted by Gasteiger charge is 2.44. The lowest BCUT2D eigenvalue weighted by molar-refractivity contribution is -0.139. The first-order valence-corrected chi connectivity index (χ1v) is 10.8. The number of carbonyl (C=O) groups excluding carboxylic acids is 1. The molecule has 2 saturated heterocycles. The number of amides is 1. The number of aliphatic hydroxyl groups is 2. The normalized spacial score (nSPS) is 28.5. The number of hydrogen-bond donors (Lipinski definition) is 3. The molecule has 4 atom stereocenters. The van der Waals surface area contributed by atoms with Gasteiger partial charge in [0, 0.05) is 24.7 Å². The molecule has 0 aromatic heterocycles. The van der Waals surface area contributed by atoms with E-state index in [0.29, 0.717) is 31.3 Å². The van der Waals surface area contributed by atoms with Crippen LogP contribution in [0, 0.1) is 0 Å². The zero-order valence-corrected chi connectivity index (χ0v) is 16.6. The molecule has 156 valence electrons. The van der Waals surface area contributed by atoms with Crippen molar-refractivity contribution in [2.24, 2.45) is 0 Å². The molecule has 0 aliphatic carbocycles. The van der Waals surface area contributed by atoms with Gasteiger partial charge in [-0.3, -0.25) is 4.79 Å². The van der Waals surface area contributed by atoms with Crippen molar-refractivity contribution in [3.63, 3.8) is 0 Å². The smallest absolute Gasteiger partial charge is 0.240 e. The van der Waals surface area contributed by atoms with Crippen molar-refractivity contribution < 1.29 is 32.9 Å². The molecule has 2 aliphatic rings. The van der Waals surface area contributed by atoms with E-state index < -0.39 is 34.4 Å². The predicted octanol–water partition coefficient (Wildman–Crippen LogP) is -0.644. The van der Waals surface area contributed by atoms with Gasteiger partial charge in [-0.05, 0) is 24.3 Å². The summed E-state index contributed by atoms with van der Waals surface area (Å²) in [6.45, 7) is 1.60. The fourth-order valence-corrected chi connectivity index (χ4v) is 4.34. The molecule has 9 nitrogen and oxygen atoms in total. The summed E-state index contributed by atoms with van der Waals surface area (Å²) >= 11 is 5.76. The quantitative estimate of drug-likeness (QED) is 0.543. The molecular formula is C17H23ClN2O7S. The zero-order chi connectivity index (χ0) is 20.3. The molecule has 4 unspecified atom stereocenters. The number of benzene rings is 1. The van der Waals surface area contributed by atoms with Crippen LogP contribution in [-0.4, -0.2) is 86.7 Å². The Morgan fingerprint density at radius 2 is 1.75 bits per heavy atom. The van der Waals surface area contributed by atoms with Crippen molar-refractivity contribution in [3.8, 4) is 0 Å². The van der Waals surface area contributed by atoms with Gasteiger partial charge in [0.2, 0.25) is 15.9 Å². The van der Waals surface area contributed by atoms with E-state index in [1.54, 1.807) is 4.90 Å². The monoisotopic (exact) mass is 434 g/mol. The van der Waals surface area contributed by atoms with Crippen LogP contribution < -0.4 is 4.72 Å². The number of hydrogen-bond acceptors (Lipinski definition) is 7. The standard InChI is InChI=1S/C17H23ClN2O7S/c18-11-1-3-12(4-2-11)28(24,25)19-10-14-17(23)16(22)13(27-14)9-15(21)20-5-7-26-8-6-20/h1-4,13-14,16-17,19,22-23H,5-10H2. The number of aliphatic hydroxyl groups excluding tert-OH is 2. The van der Waals surface area contributed by atoms with Gasteiger partial charge in [-0.2, -0.15) is 0 Å². The van der Waals surface area contributed by atoms with E-state index in [9.17, 15) is 23.4 Å². The van der Waals surface area contributed by atoms with Crippen LogP contribution in [0.5, 0.6) is 0 Å². The van der Waals surface area contributed by atoms with E-state index in [2.05, 4.69) is 4.72 Å². The van der Waals surface area contributed by atoms with Crippen LogP contribution >= 0.6 is 11.6 Å². The third-order valence-corrected chi connectivity index (χ3v) is 6.49. The summed E-state index contributed by atoms with van der Waals surface area (Å²) in [6.07, 6.45) is -4.57. The van der Waals surface area contributed by atoms with Gasteiger partial charge in [0.05, 0.1) is 30.6 Å². The Morgan fingerprint density at radius 1 is 1.14 bits per heavy atom. The Bertz CT molecular complexity index is 783. The molecule has 3 rings (SSSR count). The Morgan fingerprint density at radius 3 is 2.39 bits per heavy atom. The highest BCUT2D eigenvalue weighted by Crippen LogP contribution is 2.25. The third-order valence-electron chi connectivity index (χ3n) is 4.80. The summed E-state index contributed by atoms with van der Waals surface area (Å²) in [6, 6.07) is 5.62. The van der Waals surface area contributed by atoms with Crippen LogP contribution in [0.1, 0.15) is 6.42 Å². The summed E-state index contributed by atoms with van der Waals surface area (Å²) < 4.78 is 37.8. The molecule has 0 radical (unpaired) electrons. The molecule has 2 heterocycles. The number of sulfonamides is 1. The summed E-state index contributed by atoms with van der Waals surface area (Å²) in [5, 5.41) is 20.8. The van der Waals surface area contributed by atoms with Gasteiger partial charge in [-0.25, -0.2) is 13.1 Å². The molecule has 1 amide bonds. The lowest BCUT2D eigenvalue weighted by atomic mass is 10.1. The van der Waals surface area contributed by atoms with Crippen LogP contribution in [-0.2, 0) is 24.3 Å². The number of rotatable bonds is 6. The van der Waals surface area contributed by atoms with Crippen LogP contribution in [0.25, 0.3) is 0 Å². The van der Waals surface area contributed by atoms with E-state index in [1.807, 2.05) is 0 Å². The van der Waals surface area contributed by atoms with Crippen molar-refractivity contribution in [2.75, 3.05) is 32.8 Å².